The maximum absolute atomic E-state index is 12.2. The molecule has 2 heterocycles. The van der Waals surface area contributed by atoms with E-state index in [0.29, 0.717) is 10.7 Å². The zero-order chi connectivity index (χ0) is 16.4. The zero-order valence-electron chi connectivity index (χ0n) is 12.6. The van der Waals surface area contributed by atoms with Gasteiger partial charge in [0.15, 0.2) is 5.13 Å². The Kier molecular flexibility index (Phi) is 4.72. The summed E-state index contributed by atoms with van der Waals surface area (Å²) in [6, 6.07) is 7.63. The van der Waals surface area contributed by atoms with Gasteiger partial charge < -0.3 is 0 Å². The fourth-order valence-corrected chi connectivity index (χ4v) is 4.06. The molecule has 0 aliphatic rings. The van der Waals surface area contributed by atoms with Gasteiger partial charge in [-0.1, -0.05) is 0 Å². The number of hydrogen-bond donors (Lipinski definition) is 1. The molecule has 3 rings (SSSR count). The van der Waals surface area contributed by atoms with E-state index in [4.69, 9.17) is 0 Å². The molecule has 1 aromatic carbocycles. The van der Waals surface area contributed by atoms with Crippen LogP contribution in [0, 0.1) is 17.4 Å². The number of anilines is 1. The summed E-state index contributed by atoms with van der Waals surface area (Å²) in [5.74, 6) is -0.177. The summed E-state index contributed by atoms with van der Waals surface area (Å²) in [5.41, 5.74) is 4.97. The molecule has 0 unspecified atom stereocenters. The van der Waals surface area contributed by atoms with Gasteiger partial charge in [-0.3, -0.25) is 15.1 Å². The molecule has 23 heavy (non-hydrogen) atoms. The molecule has 1 amide bonds. The Bertz CT molecular complexity index is 838. The highest BCUT2D eigenvalue weighted by atomic mass is 127. The molecule has 4 nitrogen and oxygen atoms in total. The Hall–Kier alpha value is -1.80. The second-order valence-corrected chi connectivity index (χ2v) is 7.25. The lowest BCUT2D eigenvalue weighted by molar-refractivity contribution is 0.102. The SMILES string of the molecule is Cc1cc(I)cc(C)c1-c1csc(NC(=O)c2ccncc2)n1. The van der Waals surface area contributed by atoms with Crippen molar-refractivity contribution < 1.29 is 4.79 Å². The van der Waals surface area contributed by atoms with Crippen LogP contribution in [0.4, 0.5) is 5.13 Å². The van der Waals surface area contributed by atoms with E-state index >= 15 is 0 Å². The first-order valence-corrected chi connectivity index (χ1v) is 8.94. The van der Waals surface area contributed by atoms with Gasteiger partial charge in [-0.05, 0) is 71.8 Å². The smallest absolute Gasteiger partial charge is 0.257 e. The van der Waals surface area contributed by atoms with Gasteiger partial charge in [0, 0.05) is 32.5 Å². The van der Waals surface area contributed by atoms with Gasteiger partial charge in [-0.15, -0.1) is 11.3 Å². The number of rotatable bonds is 3. The largest absolute Gasteiger partial charge is 0.298 e. The molecule has 0 aliphatic heterocycles. The highest BCUT2D eigenvalue weighted by Gasteiger charge is 2.13. The Labute approximate surface area is 152 Å². The van der Waals surface area contributed by atoms with Crippen LogP contribution in [-0.2, 0) is 0 Å². The van der Waals surface area contributed by atoms with E-state index < -0.39 is 0 Å². The molecule has 6 heteroatoms. The van der Waals surface area contributed by atoms with Crippen molar-refractivity contribution in [3.05, 3.63) is 62.3 Å². The lowest BCUT2D eigenvalue weighted by Crippen LogP contribution is -2.11. The number of pyridine rings is 1. The molecule has 2 aromatic heterocycles. The molecule has 3 aromatic rings. The first kappa shape index (κ1) is 16.1. The molecule has 1 N–H and O–H groups in total. The Morgan fingerprint density at radius 1 is 1.17 bits per heavy atom. The van der Waals surface area contributed by atoms with Crippen molar-refractivity contribution in [2.45, 2.75) is 13.8 Å². The summed E-state index contributed by atoms with van der Waals surface area (Å²) in [6.45, 7) is 4.16. The van der Waals surface area contributed by atoms with Gasteiger partial charge in [0.2, 0.25) is 0 Å². The molecule has 0 aliphatic carbocycles. The molecule has 0 radical (unpaired) electrons. The van der Waals surface area contributed by atoms with Crippen molar-refractivity contribution in [1.82, 2.24) is 9.97 Å². The molecular formula is C17H14IN3OS. The third-order valence-electron chi connectivity index (χ3n) is 3.42. The van der Waals surface area contributed by atoms with Crippen LogP contribution in [0.5, 0.6) is 0 Å². The number of nitrogens with zero attached hydrogens (tertiary/aromatic N) is 2. The van der Waals surface area contributed by atoms with Crippen molar-refractivity contribution in [3.63, 3.8) is 0 Å². The van der Waals surface area contributed by atoms with E-state index in [1.807, 2.05) is 5.38 Å². The Morgan fingerprint density at radius 3 is 2.48 bits per heavy atom. The third kappa shape index (κ3) is 3.59. The van der Waals surface area contributed by atoms with E-state index in [2.05, 4.69) is 63.9 Å². The van der Waals surface area contributed by atoms with Gasteiger partial charge in [0.1, 0.15) is 0 Å². The number of nitrogens with one attached hydrogen (secondary N) is 1. The van der Waals surface area contributed by atoms with Crippen molar-refractivity contribution in [1.29, 1.82) is 0 Å². The summed E-state index contributed by atoms with van der Waals surface area (Å²) in [4.78, 5) is 20.6. The molecule has 0 saturated carbocycles. The first-order valence-electron chi connectivity index (χ1n) is 6.98. The van der Waals surface area contributed by atoms with Gasteiger partial charge in [-0.25, -0.2) is 4.98 Å². The maximum Gasteiger partial charge on any atom is 0.257 e. The van der Waals surface area contributed by atoms with Crippen LogP contribution < -0.4 is 5.32 Å². The number of aromatic nitrogens is 2. The van der Waals surface area contributed by atoms with Crippen LogP contribution in [0.1, 0.15) is 21.5 Å². The summed E-state index contributed by atoms with van der Waals surface area (Å²) >= 11 is 3.74. The van der Waals surface area contributed by atoms with Crippen LogP contribution in [0.2, 0.25) is 0 Å². The lowest BCUT2D eigenvalue weighted by Gasteiger charge is -2.08. The van der Waals surface area contributed by atoms with Crippen molar-refractivity contribution >= 4 is 45.0 Å². The van der Waals surface area contributed by atoms with Gasteiger partial charge in [0.05, 0.1) is 5.69 Å². The Morgan fingerprint density at radius 2 is 1.83 bits per heavy atom. The molecule has 0 spiro atoms. The van der Waals surface area contributed by atoms with Gasteiger partial charge in [-0.2, -0.15) is 0 Å². The minimum atomic E-state index is -0.177. The fraction of sp³-hybridized carbons (Fsp3) is 0.118. The number of thiazole rings is 1. The monoisotopic (exact) mass is 435 g/mol. The zero-order valence-corrected chi connectivity index (χ0v) is 15.6. The third-order valence-corrected chi connectivity index (χ3v) is 4.80. The van der Waals surface area contributed by atoms with Gasteiger partial charge >= 0.3 is 0 Å². The molecule has 0 saturated heterocycles. The fourth-order valence-electron chi connectivity index (χ4n) is 2.43. The number of benzene rings is 1. The average molecular weight is 435 g/mol. The second-order valence-electron chi connectivity index (χ2n) is 5.14. The van der Waals surface area contributed by atoms with Crippen molar-refractivity contribution in [3.8, 4) is 11.3 Å². The predicted octanol–water partition coefficient (Wildman–Crippen LogP) is 4.68. The number of carbonyl (C=O) groups excluding carboxylic acids is 1. The van der Waals surface area contributed by atoms with Crippen molar-refractivity contribution in [2.24, 2.45) is 0 Å². The van der Waals surface area contributed by atoms with E-state index in [0.717, 1.165) is 11.3 Å². The molecular weight excluding hydrogens is 421 g/mol. The highest BCUT2D eigenvalue weighted by molar-refractivity contribution is 14.1. The molecule has 0 bridgehead atoms. The summed E-state index contributed by atoms with van der Waals surface area (Å²) in [6.07, 6.45) is 3.20. The summed E-state index contributed by atoms with van der Waals surface area (Å²) in [5, 5.41) is 5.41. The topological polar surface area (TPSA) is 54.9 Å². The summed E-state index contributed by atoms with van der Waals surface area (Å²) in [7, 11) is 0. The first-order chi connectivity index (χ1) is 11.0. The minimum absolute atomic E-state index is 0.177. The van der Waals surface area contributed by atoms with Crippen LogP contribution in [0.25, 0.3) is 11.3 Å². The predicted molar refractivity (Wildman–Crippen MR) is 102 cm³/mol. The summed E-state index contributed by atoms with van der Waals surface area (Å²) < 4.78 is 1.21. The van der Waals surface area contributed by atoms with Crippen LogP contribution in [-0.4, -0.2) is 15.9 Å². The van der Waals surface area contributed by atoms with E-state index in [1.54, 1.807) is 24.5 Å². The average Bonchev–Trinajstić information content (AvgIpc) is 2.95. The minimum Gasteiger partial charge on any atom is -0.298 e. The molecule has 0 atom stereocenters. The molecule has 0 fully saturated rings. The number of carbonyl (C=O) groups is 1. The maximum atomic E-state index is 12.2. The second kappa shape index (κ2) is 6.76. The number of halogens is 1. The number of hydrogen-bond acceptors (Lipinski definition) is 4. The normalized spacial score (nSPS) is 10.6. The van der Waals surface area contributed by atoms with Crippen LogP contribution >= 0.6 is 33.9 Å². The number of amides is 1. The van der Waals surface area contributed by atoms with Crippen LogP contribution in [0.3, 0.4) is 0 Å². The van der Waals surface area contributed by atoms with E-state index in [-0.39, 0.29) is 5.91 Å². The van der Waals surface area contributed by atoms with Crippen molar-refractivity contribution in [2.75, 3.05) is 5.32 Å². The Balaban J connectivity index is 1.86. The highest BCUT2D eigenvalue weighted by Crippen LogP contribution is 2.31. The lowest BCUT2D eigenvalue weighted by atomic mass is 10.0. The number of aryl methyl sites for hydroxylation is 2. The standard InChI is InChI=1S/C17H14IN3OS/c1-10-7-13(18)8-11(2)15(10)14-9-23-17(20-14)21-16(22)12-3-5-19-6-4-12/h3-9H,1-2H3,(H,20,21,22). The van der Waals surface area contributed by atoms with Gasteiger partial charge in [0.25, 0.3) is 5.91 Å². The molecule has 116 valence electrons. The quantitative estimate of drug-likeness (QED) is 0.608. The van der Waals surface area contributed by atoms with E-state index in [1.165, 1.54) is 26.0 Å². The van der Waals surface area contributed by atoms with E-state index in [9.17, 15) is 4.79 Å². The van der Waals surface area contributed by atoms with Crippen LogP contribution in [0.15, 0.2) is 42.0 Å².